The number of aromatic nitrogens is 4. The number of ether oxygens (including phenoxy) is 2. The molecule has 28 heavy (non-hydrogen) atoms. The average Bonchev–Trinajstić information content (AvgIpc) is 3.35. The van der Waals surface area contributed by atoms with E-state index < -0.39 is 49.3 Å². The summed E-state index contributed by atoms with van der Waals surface area (Å²) in [7, 11) is 3.68. The summed E-state index contributed by atoms with van der Waals surface area (Å²) in [4.78, 5) is 14.7. The van der Waals surface area contributed by atoms with E-state index in [1.54, 1.807) is 9.47 Å². The van der Waals surface area contributed by atoms with Crippen LogP contribution in [0.3, 0.4) is 0 Å². The summed E-state index contributed by atoms with van der Waals surface area (Å²) in [5.74, 6) is -0.242. The molecule has 2 aliphatic rings. The molecule has 2 fully saturated rings. The van der Waals surface area contributed by atoms with Gasteiger partial charge >= 0.3 is 0 Å². The first-order chi connectivity index (χ1) is 13.4. The molecule has 2 aromatic rings. The predicted molar refractivity (Wildman–Crippen MR) is 96.5 cm³/mol. The zero-order valence-corrected chi connectivity index (χ0v) is 15.7. The van der Waals surface area contributed by atoms with Gasteiger partial charge in [0.15, 0.2) is 17.0 Å². The summed E-state index contributed by atoms with van der Waals surface area (Å²) in [6.45, 7) is -0.563. The van der Waals surface area contributed by atoms with E-state index in [0.29, 0.717) is 17.0 Å². The van der Waals surface area contributed by atoms with Gasteiger partial charge < -0.3 is 34.8 Å². The van der Waals surface area contributed by atoms with E-state index in [4.69, 9.17) is 9.47 Å². The van der Waals surface area contributed by atoms with Gasteiger partial charge in [0.05, 0.1) is 38.2 Å². The van der Waals surface area contributed by atoms with Crippen LogP contribution in [-0.2, 0) is 9.47 Å². The SMILES string of the molecule is CN(C)c1ncnc2c1ncn2C1O[C@H](CO)[C@@H](O)C1[C@@]1(O)CCO[C@@H]1CO. The maximum atomic E-state index is 11.3. The first-order valence-corrected chi connectivity index (χ1v) is 9.16. The van der Waals surface area contributed by atoms with Crippen LogP contribution >= 0.6 is 0 Å². The molecule has 4 rings (SSSR count). The highest BCUT2D eigenvalue weighted by Gasteiger charge is 2.59. The Morgan fingerprint density at radius 1 is 1.25 bits per heavy atom. The monoisotopic (exact) mass is 395 g/mol. The lowest BCUT2D eigenvalue weighted by Crippen LogP contribution is -2.53. The molecular formula is C17H25N5O6. The molecular weight excluding hydrogens is 370 g/mol. The second kappa shape index (κ2) is 7.17. The van der Waals surface area contributed by atoms with Crippen molar-refractivity contribution >= 4 is 17.0 Å². The lowest BCUT2D eigenvalue weighted by atomic mass is 9.77. The number of fused-ring (bicyclic) bond motifs is 1. The van der Waals surface area contributed by atoms with Crippen molar-refractivity contribution in [1.29, 1.82) is 0 Å². The molecule has 11 nitrogen and oxygen atoms in total. The molecule has 2 aromatic heterocycles. The van der Waals surface area contributed by atoms with Crippen LogP contribution in [0.15, 0.2) is 12.7 Å². The summed E-state index contributed by atoms with van der Waals surface area (Å²) in [5, 5.41) is 41.5. The summed E-state index contributed by atoms with van der Waals surface area (Å²) in [6.07, 6.45) is -0.634. The Morgan fingerprint density at radius 2 is 2.04 bits per heavy atom. The molecule has 2 unspecified atom stereocenters. The maximum absolute atomic E-state index is 11.3. The number of anilines is 1. The minimum absolute atomic E-state index is 0.225. The van der Waals surface area contributed by atoms with E-state index in [1.807, 2.05) is 14.1 Å². The number of hydrogen-bond acceptors (Lipinski definition) is 10. The van der Waals surface area contributed by atoms with Crippen molar-refractivity contribution in [2.24, 2.45) is 5.92 Å². The molecule has 4 N–H and O–H groups in total. The van der Waals surface area contributed by atoms with Crippen LogP contribution < -0.4 is 4.90 Å². The topological polar surface area (TPSA) is 146 Å². The first kappa shape index (κ1) is 19.4. The first-order valence-electron chi connectivity index (χ1n) is 9.16. The zero-order chi connectivity index (χ0) is 20.1. The molecule has 0 aliphatic carbocycles. The van der Waals surface area contributed by atoms with Crippen LogP contribution in [0.1, 0.15) is 12.6 Å². The molecule has 154 valence electrons. The number of rotatable bonds is 5. The number of hydrogen-bond donors (Lipinski definition) is 4. The summed E-state index contributed by atoms with van der Waals surface area (Å²) in [5.41, 5.74) is -0.510. The number of nitrogens with zero attached hydrogens (tertiary/aromatic N) is 5. The van der Waals surface area contributed by atoms with Crippen molar-refractivity contribution in [3.05, 3.63) is 12.7 Å². The average molecular weight is 395 g/mol. The Kier molecular flexibility index (Phi) is 4.98. The minimum Gasteiger partial charge on any atom is -0.394 e. The van der Waals surface area contributed by atoms with Gasteiger partial charge in [-0.25, -0.2) is 15.0 Å². The Morgan fingerprint density at radius 3 is 2.71 bits per heavy atom. The highest BCUT2D eigenvalue weighted by Crippen LogP contribution is 2.47. The lowest BCUT2D eigenvalue weighted by Gasteiger charge is -2.37. The maximum Gasteiger partial charge on any atom is 0.167 e. The third-order valence-corrected chi connectivity index (χ3v) is 5.71. The van der Waals surface area contributed by atoms with E-state index in [1.165, 1.54) is 12.7 Å². The number of imidazole rings is 1. The second-order valence-corrected chi connectivity index (χ2v) is 7.46. The molecule has 0 spiro atoms. The van der Waals surface area contributed by atoms with E-state index in [-0.39, 0.29) is 13.0 Å². The zero-order valence-electron chi connectivity index (χ0n) is 15.7. The predicted octanol–water partition coefficient (Wildman–Crippen LogP) is -1.73. The normalized spacial score (nSPS) is 35.7. The molecule has 2 aliphatic heterocycles. The van der Waals surface area contributed by atoms with Gasteiger partial charge in [-0.15, -0.1) is 0 Å². The fourth-order valence-electron chi connectivity index (χ4n) is 4.29. The Labute approximate surface area is 161 Å². The quantitative estimate of drug-likeness (QED) is 0.461. The molecule has 2 saturated heterocycles. The van der Waals surface area contributed by atoms with Gasteiger partial charge in [0.1, 0.15) is 30.4 Å². The van der Waals surface area contributed by atoms with Crippen molar-refractivity contribution < 1.29 is 29.9 Å². The van der Waals surface area contributed by atoms with Gasteiger partial charge in [0.2, 0.25) is 0 Å². The summed E-state index contributed by atoms with van der Waals surface area (Å²) in [6, 6.07) is 0. The molecule has 0 amide bonds. The smallest absolute Gasteiger partial charge is 0.167 e. The second-order valence-electron chi connectivity index (χ2n) is 7.46. The van der Waals surface area contributed by atoms with E-state index in [0.717, 1.165) is 0 Å². The Balaban J connectivity index is 1.81. The van der Waals surface area contributed by atoms with E-state index in [2.05, 4.69) is 15.0 Å². The molecule has 6 atom stereocenters. The third kappa shape index (κ3) is 2.78. The summed E-state index contributed by atoms with van der Waals surface area (Å²) >= 11 is 0. The van der Waals surface area contributed by atoms with Crippen LogP contribution in [-0.4, -0.2) is 97.8 Å². The third-order valence-electron chi connectivity index (χ3n) is 5.71. The Bertz CT molecular complexity index is 847. The molecule has 0 aromatic carbocycles. The van der Waals surface area contributed by atoms with Crippen LogP contribution in [0.5, 0.6) is 0 Å². The molecule has 11 heteroatoms. The van der Waals surface area contributed by atoms with Crippen LogP contribution in [0, 0.1) is 5.92 Å². The van der Waals surface area contributed by atoms with Crippen molar-refractivity contribution in [3.63, 3.8) is 0 Å². The standard InChI is InChI=1S/C17H25N5O6/c1-21(2)14-12-15(19-7-18-14)22(8-20-12)16-11(13(25)9(5-23)28-16)17(26)3-4-27-10(17)6-24/h7-11,13,16,23-26H,3-6H2,1-2H3/t9-,10-,11?,13-,16?,17-/m1/s1. The molecule has 0 radical (unpaired) electrons. The highest BCUT2D eigenvalue weighted by molar-refractivity contribution is 5.83. The van der Waals surface area contributed by atoms with Gasteiger partial charge in [-0.3, -0.25) is 4.57 Å². The van der Waals surface area contributed by atoms with Gasteiger partial charge in [-0.1, -0.05) is 0 Å². The van der Waals surface area contributed by atoms with Crippen LogP contribution in [0.2, 0.25) is 0 Å². The molecule has 0 saturated carbocycles. The van der Waals surface area contributed by atoms with Crippen molar-refractivity contribution in [2.75, 3.05) is 38.8 Å². The minimum atomic E-state index is -1.53. The largest absolute Gasteiger partial charge is 0.394 e. The van der Waals surface area contributed by atoms with Crippen LogP contribution in [0.25, 0.3) is 11.2 Å². The number of aliphatic hydroxyl groups excluding tert-OH is 3. The van der Waals surface area contributed by atoms with Crippen molar-refractivity contribution in [2.45, 2.75) is 36.6 Å². The van der Waals surface area contributed by atoms with Crippen molar-refractivity contribution in [1.82, 2.24) is 19.5 Å². The van der Waals surface area contributed by atoms with Gasteiger partial charge in [-0.2, -0.15) is 0 Å². The highest BCUT2D eigenvalue weighted by atomic mass is 16.6. The van der Waals surface area contributed by atoms with Gasteiger partial charge in [0, 0.05) is 20.5 Å². The fraction of sp³-hybridized carbons (Fsp3) is 0.706. The van der Waals surface area contributed by atoms with Crippen molar-refractivity contribution in [3.8, 4) is 0 Å². The lowest BCUT2D eigenvalue weighted by molar-refractivity contribution is -0.136. The number of aliphatic hydroxyl groups is 4. The molecule has 4 heterocycles. The molecule has 0 bridgehead atoms. The fourth-order valence-corrected chi connectivity index (χ4v) is 4.29. The van der Waals surface area contributed by atoms with E-state index in [9.17, 15) is 20.4 Å². The van der Waals surface area contributed by atoms with Gasteiger partial charge in [-0.05, 0) is 0 Å². The Hall–Kier alpha value is -1.89. The van der Waals surface area contributed by atoms with Crippen LogP contribution in [0.4, 0.5) is 5.82 Å². The van der Waals surface area contributed by atoms with E-state index >= 15 is 0 Å². The summed E-state index contributed by atoms with van der Waals surface area (Å²) < 4.78 is 13.0. The van der Waals surface area contributed by atoms with Gasteiger partial charge in [0.25, 0.3) is 0 Å².